The van der Waals surface area contributed by atoms with Crippen LogP contribution < -0.4 is 19.7 Å². The maximum absolute atomic E-state index is 13.0. The quantitative estimate of drug-likeness (QED) is 0.610. The highest BCUT2D eigenvalue weighted by Crippen LogP contribution is 2.37. The standard InChI is InChI=1S/C22H24ClN3O5S2/c1-3-31-16-7-5-15(6-8-16)26(22-25-18-12-33(28,29)13-20(18)32-22)11-21(27)24-17-10-14(23)4-9-19(17)30-2/h4-10,18,20H,3,11-13H2,1-2H3,(H,24,27)/t18-,20+/m0/s1. The number of methoxy groups -OCH3 is 1. The normalized spacial score (nSPS) is 20.6. The number of ether oxygens (including phenoxy) is 2. The van der Waals surface area contributed by atoms with Crippen LogP contribution in [0.25, 0.3) is 0 Å². The van der Waals surface area contributed by atoms with Crippen LogP contribution in [0.5, 0.6) is 11.5 Å². The molecule has 1 N–H and O–H groups in total. The number of anilines is 2. The summed E-state index contributed by atoms with van der Waals surface area (Å²) in [6.45, 7) is 2.43. The molecule has 0 radical (unpaired) electrons. The average molecular weight is 510 g/mol. The van der Waals surface area contributed by atoms with E-state index in [1.807, 2.05) is 31.2 Å². The molecule has 0 bridgehead atoms. The van der Waals surface area contributed by atoms with Crippen LogP contribution in [-0.4, -0.2) is 62.6 Å². The van der Waals surface area contributed by atoms with Gasteiger partial charge in [0.2, 0.25) is 5.91 Å². The molecule has 2 heterocycles. The lowest BCUT2D eigenvalue weighted by Gasteiger charge is -2.24. The Hall–Kier alpha value is -2.43. The lowest BCUT2D eigenvalue weighted by molar-refractivity contribution is -0.114. The Balaban J connectivity index is 1.58. The van der Waals surface area contributed by atoms with Crippen molar-refractivity contribution in [1.29, 1.82) is 0 Å². The fourth-order valence-corrected chi connectivity index (χ4v) is 7.69. The summed E-state index contributed by atoms with van der Waals surface area (Å²) in [5, 5.41) is 3.81. The third-order valence-corrected chi connectivity index (χ3v) is 8.72. The molecule has 1 amide bonds. The number of hydrogen-bond donors (Lipinski definition) is 1. The average Bonchev–Trinajstić information content (AvgIpc) is 3.26. The van der Waals surface area contributed by atoms with Crippen LogP contribution >= 0.6 is 23.4 Å². The number of amides is 1. The first-order chi connectivity index (χ1) is 15.8. The fraction of sp³-hybridized carbons (Fsp3) is 0.364. The van der Waals surface area contributed by atoms with Crippen LogP contribution in [0.4, 0.5) is 11.4 Å². The molecule has 1 fully saturated rings. The zero-order chi connectivity index (χ0) is 23.6. The molecule has 1 saturated heterocycles. The smallest absolute Gasteiger partial charge is 0.244 e. The van der Waals surface area contributed by atoms with Gasteiger partial charge in [0.1, 0.15) is 18.0 Å². The predicted molar refractivity (Wildman–Crippen MR) is 133 cm³/mol. The predicted octanol–water partition coefficient (Wildman–Crippen LogP) is 3.46. The van der Waals surface area contributed by atoms with Crippen molar-refractivity contribution in [3.8, 4) is 11.5 Å². The van der Waals surface area contributed by atoms with Crippen molar-refractivity contribution >= 4 is 55.6 Å². The lowest BCUT2D eigenvalue weighted by Crippen LogP contribution is -2.36. The number of nitrogens with one attached hydrogen (secondary N) is 1. The van der Waals surface area contributed by atoms with Crippen molar-refractivity contribution in [3.63, 3.8) is 0 Å². The van der Waals surface area contributed by atoms with Gasteiger partial charge in [-0.1, -0.05) is 23.4 Å². The van der Waals surface area contributed by atoms with Crippen LogP contribution in [0.3, 0.4) is 0 Å². The molecule has 4 rings (SSSR count). The number of carbonyl (C=O) groups is 1. The Bertz CT molecular complexity index is 1170. The molecule has 0 spiro atoms. The summed E-state index contributed by atoms with van der Waals surface area (Å²) in [7, 11) is -1.56. The van der Waals surface area contributed by atoms with E-state index in [0.29, 0.717) is 28.2 Å². The van der Waals surface area contributed by atoms with E-state index in [9.17, 15) is 13.2 Å². The fourth-order valence-electron chi connectivity index (χ4n) is 3.74. The summed E-state index contributed by atoms with van der Waals surface area (Å²) >= 11 is 7.48. The SMILES string of the molecule is CCOc1ccc(N(CC(=O)Nc2cc(Cl)ccc2OC)C2=N[C@H]3CS(=O)(=O)C[C@H]3S2)cc1. The molecule has 0 saturated carbocycles. The largest absolute Gasteiger partial charge is 0.495 e. The molecule has 2 aromatic rings. The van der Waals surface area contributed by atoms with E-state index in [1.54, 1.807) is 23.1 Å². The number of benzene rings is 2. The van der Waals surface area contributed by atoms with Gasteiger partial charge in [0.15, 0.2) is 15.0 Å². The van der Waals surface area contributed by atoms with Crippen molar-refractivity contribution in [3.05, 3.63) is 47.5 Å². The highest BCUT2D eigenvalue weighted by Gasteiger charge is 2.44. The van der Waals surface area contributed by atoms with Gasteiger partial charge in [0.25, 0.3) is 0 Å². The zero-order valence-electron chi connectivity index (χ0n) is 18.2. The van der Waals surface area contributed by atoms with Gasteiger partial charge in [-0.2, -0.15) is 0 Å². The first-order valence-electron chi connectivity index (χ1n) is 10.4. The molecule has 33 heavy (non-hydrogen) atoms. The van der Waals surface area contributed by atoms with Crippen molar-refractivity contribution in [2.45, 2.75) is 18.2 Å². The van der Waals surface area contributed by atoms with Crippen LogP contribution in [0.15, 0.2) is 47.5 Å². The first-order valence-corrected chi connectivity index (χ1v) is 13.4. The number of thioether (sulfide) groups is 1. The maximum Gasteiger partial charge on any atom is 0.244 e. The lowest BCUT2D eigenvalue weighted by atomic mass is 10.2. The summed E-state index contributed by atoms with van der Waals surface area (Å²) < 4.78 is 34.8. The number of nitrogens with zero attached hydrogens (tertiary/aromatic N) is 2. The number of hydrogen-bond acceptors (Lipinski definition) is 8. The Morgan fingerprint density at radius 3 is 2.67 bits per heavy atom. The summed E-state index contributed by atoms with van der Waals surface area (Å²) in [6.07, 6.45) is 0. The second-order valence-corrected chi connectivity index (χ2v) is 11.4. The number of fused-ring (bicyclic) bond motifs is 1. The van der Waals surface area contributed by atoms with Gasteiger partial charge < -0.3 is 19.7 Å². The number of rotatable bonds is 7. The van der Waals surface area contributed by atoms with Gasteiger partial charge in [-0.3, -0.25) is 9.79 Å². The van der Waals surface area contributed by atoms with E-state index in [1.165, 1.54) is 18.9 Å². The summed E-state index contributed by atoms with van der Waals surface area (Å²) in [4.78, 5) is 19.5. The highest BCUT2D eigenvalue weighted by molar-refractivity contribution is 8.15. The van der Waals surface area contributed by atoms with Gasteiger partial charge in [0.05, 0.1) is 37.0 Å². The van der Waals surface area contributed by atoms with Gasteiger partial charge in [-0.15, -0.1) is 0 Å². The number of halogens is 1. The number of amidine groups is 1. The first kappa shape index (κ1) is 23.7. The highest BCUT2D eigenvalue weighted by atomic mass is 35.5. The molecular weight excluding hydrogens is 486 g/mol. The Labute approximate surface area is 202 Å². The molecule has 2 aliphatic rings. The van der Waals surface area contributed by atoms with Crippen LogP contribution in [0.2, 0.25) is 5.02 Å². The molecule has 0 aromatic heterocycles. The molecule has 0 aliphatic carbocycles. The number of aliphatic imine (C=N–C) groups is 1. The molecular formula is C22H24ClN3O5S2. The summed E-state index contributed by atoms with van der Waals surface area (Å²) in [5.74, 6) is 1.05. The minimum absolute atomic E-state index is 0.0261. The van der Waals surface area contributed by atoms with Crippen LogP contribution in [0.1, 0.15) is 6.92 Å². The van der Waals surface area contributed by atoms with E-state index in [0.717, 1.165) is 11.4 Å². The Morgan fingerprint density at radius 1 is 1.24 bits per heavy atom. The number of sulfone groups is 1. The summed E-state index contributed by atoms with van der Waals surface area (Å²) in [6, 6.07) is 12.1. The van der Waals surface area contributed by atoms with E-state index in [2.05, 4.69) is 10.3 Å². The van der Waals surface area contributed by atoms with Crippen molar-refractivity contribution in [2.24, 2.45) is 4.99 Å². The molecule has 11 heteroatoms. The van der Waals surface area contributed by atoms with Gasteiger partial charge in [-0.05, 0) is 49.4 Å². The number of carbonyl (C=O) groups excluding carboxylic acids is 1. The van der Waals surface area contributed by atoms with Gasteiger partial charge in [0, 0.05) is 16.0 Å². The van der Waals surface area contributed by atoms with E-state index in [-0.39, 0.29) is 35.2 Å². The zero-order valence-corrected chi connectivity index (χ0v) is 20.5. The third-order valence-electron chi connectivity index (χ3n) is 5.23. The summed E-state index contributed by atoms with van der Waals surface area (Å²) in [5.41, 5.74) is 1.21. The van der Waals surface area contributed by atoms with Gasteiger partial charge in [-0.25, -0.2) is 8.42 Å². The maximum atomic E-state index is 13.0. The minimum Gasteiger partial charge on any atom is -0.495 e. The second kappa shape index (κ2) is 9.82. The van der Waals surface area contributed by atoms with Crippen molar-refractivity contribution in [2.75, 3.05) is 42.0 Å². The van der Waals surface area contributed by atoms with Crippen molar-refractivity contribution in [1.82, 2.24) is 0 Å². The van der Waals surface area contributed by atoms with Crippen molar-refractivity contribution < 1.29 is 22.7 Å². The molecule has 2 aliphatic heterocycles. The Kier molecular flexibility index (Phi) is 7.06. The third kappa shape index (κ3) is 5.56. The second-order valence-electron chi connectivity index (χ2n) is 7.62. The van der Waals surface area contributed by atoms with Crippen LogP contribution in [0, 0.1) is 0 Å². The molecule has 0 unspecified atom stereocenters. The van der Waals surface area contributed by atoms with E-state index < -0.39 is 9.84 Å². The van der Waals surface area contributed by atoms with Crippen LogP contribution in [-0.2, 0) is 14.6 Å². The monoisotopic (exact) mass is 509 g/mol. The topological polar surface area (TPSA) is 97.3 Å². The van der Waals surface area contributed by atoms with E-state index in [4.69, 9.17) is 21.1 Å². The Morgan fingerprint density at radius 2 is 2.00 bits per heavy atom. The molecule has 2 aromatic carbocycles. The minimum atomic E-state index is -3.08. The molecule has 2 atom stereocenters. The van der Waals surface area contributed by atoms with Gasteiger partial charge >= 0.3 is 0 Å². The van der Waals surface area contributed by atoms with E-state index >= 15 is 0 Å². The molecule has 8 nitrogen and oxygen atoms in total. The molecule has 176 valence electrons.